The molecule has 5 heteroatoms. The fraction of sp³-hybridized carbons (Fsp3) is 0.130. The summed E-state index contributed by atoms with van der Waals surface area (Å²) in [5.41, 5.74) is 2.96. The van der Waals surface area contributed by atoms with Crippen LogP contribution in [0.5, 0.6) is 0 Å². The summed E-state index contributed by atoms with van der Waals surface area (Å²) in [6.07, 6.45) is 1.79. The normalized spacial score (nSPS) is 15.6. The Labute approximate surface area is 168 Å². The van der Waals surface area contributed by atoms with Crippen molar-refractivity contribution in [3.63, 3.8) is 0 Å². The Kier molecular flexibility index (Phi) is 4.92. The van der Waals surface area contributed by atoms with Crippen molar-refractivity contribution in [1.29, 1.82) is 0 Å². The zero-order chi connectivity index (χ0) is 19.7. The SMILES string of the molecule is CN(C)c1ccc(/C=C2/SC(=O)N(Cc3cccc4ccccc34)C2=O)cc1. The average molecular weight is 388 g/mol. The molecule has 28 heavy (non-hydrogen) atoms. The summed E-state index contributed by atoms with van der Waals surface area (Å²) < 4.78 is 0. The zero-order valence-electron chi connectivity index (χ0n) is 15.8. The van der Waals surface area contributed by atoms with Crippen LogP contribution in [0.4, 0.5) is 10.5 Å². The van der Waals surface area contributed by atoms with E-state index < -0.39 is 0 Å². The maximum absolute atomic E-state index is 12.8. The Hall–Kier alpha value is -3.05. The maximum atomic E-state index is 12.8. The van der Waals surface area contributed by atoms with Crippen LogP contribution in [-0.2, 0) is 11.3 Å². The van der Waals surface area contributed by atoms with Gasteiger partial charge in [0.2, 0.25) is 0 Å². The van der Waals surface area contributed by atoms with Gasteiger partial charge in [0.1, 0.15) is 0 Å². The maximum Gasteiger partial charge on any atom is 0.293 e. The number of rotatable bonds is 4. The Morgan fingerprint density at radius 1 is 0.929 bits per heavy atom. The first-order chi connectivity index (χ1) is 13.5. The van der Waals surface area contributed by atoms with E-state index in [-0.39, 0.29) is 17.7 Å². The van der Waals surface area contributed by atoms with Crippen LogP contribution in [0.15, 0.2) is 71.6 Å². The van der Waals surface area contributed by atoms with E-state index in [1.54, 1.807) is 6.08 Å². The average Bonchev–Trinajstić information content (AvgIpc) is 2.96. The molecule has 4 rings (SSSR count). The molecule has 0 unspecified atom stereocenters. The highest BCUT2D eigenvalue weighted by atomic mass is 32.2. The minimum Gasteiger partial charge on any atom is -0.378 e. The predicted molar refractivity (Wildman–Crippen MR) is 116 cm³/mol. The molecule has 140 valence electrons. The molecule has 1 fully saturated rings. The summed E-state index contributed by atoms with van der Waals surface area (Å²) in [4.78, 5) is 29.1. The number of anilines is 1. The van der Waals surface area contributed by atoms with Crippen molar-refractivity contribution >= 4 is 45.4 Å². The first-order valence-corrected chi connectivity index (χ1v) is 9.84. The van der Waals surface area contributed by atoms with E-state index in [1.807, 2.05) is 85.7 Å². The highest BCUT2D eigenvalue weighted by molar-refractivity contribution is 8.18. The second kappa shape index (κ2) is 7.52. The third-order valence-electron chi connectivity index (χ3n) is 4.79. The molecule has 3 aromatic carbocycles. The van der Waals surface area contributed by atoms with Crippen LogP contribution in [-0.4, -0.2) is 30.1 Å². The number of benzene rings is 3. The zero-order valence-corrected chi connectivity index (χ0v) is 16.6. The Bertz CT molecular complexity index is 1080. The number of thioether (sulfide) groups is 1. The van der Waals surface area contributed by atoms with Gasteiger partial charge in [-0.15, -0.1) is 0 Å². The minimum absolute atomic E-state index is 0.228. The molecule has 0 aliphatic carbocycles. The minimum atomic E-state index is -0.236. The first-order valence-electron chi connectivity index (χ1n) is 9.02. The summed E-state index contributed by atoms with van der Waals surface area (Å²) in [7, 11) is 3.96. The second-order valence-electron chi connectivity index (χ2n) is 6.89. The summed E-state index contributed by atoms with van der Waals surface area (Å²) in [6, 6.07) is 21.8. The van der Waals surface area contributed by atoms with E-state index in [9.17, 15) is 9.59 Å². The fourth-order valence-electron chi connectivity index (χ4n) is 3.26. The van der Waals surface area contributed by atoms with Crippen LogP contribution in [0.2, 0.25) is 0 Å². The van der Waals surface area contributed by atoms with Gasteiger partial charge in [0.25, 0.3) is 11.1 Å². The van der Waals surface area contributed by atoms with Crippen molar-refractivity contribution in [3.8, 4) is 0 Å². The van der Waals surface area contributed by atoms with Crippen LogP contribution >= 0.6 is 11.8 Å². The lowest BCUT2D eigenvalue weighted by Gasteiger charge is -2.14. The van der Waals surface area contributed by atoms with Crippen molar-refractivity contribution in [3.05, 3.63) is 82.8 Å². The van der Waals surface area contributed by atoms with E-state index in [2.05, 4.69) is 0 Å². The van der Waals surface area contributed by atoms with Crippen LogP contribution in [0.1, 0.15) is 11.1 Å². The molecule has 2 amide bonds. The molecule has 0 spiro atoms. The van der Waals surface area contributed by atoms with Crippen LogP contribution in [0, 0.1) is 0 Å². The van der Waals surface area contributed by atoms with E-state index in [4.69, 9.17) is 0 Å². The number of carbonyl (C=O) groups is 2. The fourth-order valence-corrected chi connectivity index (χ4v) is 4.10. The Morgan fingerprint density at radius 3 is 2.39 bits per heavy atom. The molecular weight excluding hydrogens is 368 g/mol. The number of amides is 2. The van der Waals surface area contributed by atoms with Gasteiger partial charge in [0.05, 0.1) is 11.4 Å². The predicted octanol–water partition coefficient (Wildman–Crippen LogP) is 5.14. The molecule has 4 nitrogen and oxygen atoms in total. The lowest BCUT2D eigenvalue weighted by atomic mass is 10.0. The first kappa shape index (κ1) is 18.3. The third kappa shape index (κ3) is 3.53. The summed E-state index contributed by atoms with van der Waals surface area (Å²) >= 11 is 1.000. The lowest BCUT2D eigenvalue weighted by molar-refractivity contribution is -0.123. The number of hydrogen-bond acceptors (Lipinski definition) is 4. The highest BCUT2D eigenvalue weighted by Crippen LogP contribution is 2.34. The summed E-state index contributed by atoms with van der Waals surface area (Å²) in [5, 5.41) is 1.94. The van der Waals surface area contributed by atoms with Gasteiger partial charge in [0.15, 0.2) is 0 Å². The molecule has 0 radical (unpaired) electrons. The van der Waals surface area contributed by atoms with E-state index in [1.165, 1.54) is 4.90 Å². The molecule has 1 heterocycles. The van der Waals surface area contributed by atoms with E-state index >= 15 is 0 Å². The van der Waals surface area contributed by atoms with Crippen molar-refractivity contribution < 1.29 is 9.59 Å². The number of nitrogens with zero attached hydrogens (tertiary/aromatic N) is 2. The van der Waals surface area contributed by atoms with Gasteiger partial charge >= 0.3 is 0 Å². The van der Waals surface area contributed by atoms with Crippen LogP contribution < -0.4 is 4.90 Å². The van der Waals surface area contributed by atoms with Gasteiger partial charge in [-0.25, -0.2) is 0 Å². The van der Waals surface area contributed by atoms with Gasteiger partial charge in [-0.3, -0.25) is 14.5 Å². The molecule has 0 aromatic heterocycles. The second-order valence-corrected chi connectivity index (χ2v) is 7.89. The molecule has 1 saturated heterocycles. The largest absolute Gasteiger partial charge is 0.378 e. The van der Waals surface area contributed by atoms with Gasteiger partial charge in [-0.1, -0.05) is 54.6 Å². The molecule has 0 N–H and O–H groups in total. The Balaban J connectivity index is 1.58. The monoisotopic (exact) mass is 388 g/mol. The topological polar surface area (TPSA) is 40.6 Å². The van der Waals surface area contributed by atoms with Crippen LogP contribution in [0.25, 0.3) is 16.8 Å². The van der Waals surface area contributed by atoms with Gasteiger partial charge in [-0.2, -0.15) is 0 Å². The molecule has 1 aliphatic heterocycles. The molecular formula is C23H20N2O2S. The summed E-state index contributed by atoms with van der Waals surface area (Å²) in [5.74, 6) is -0.236. The lowest BCUT2D eigenvalue weighted by Crippen LogP contribution is -2.27. The number of fused-ring (bicyclic) bond motifs is 1. The number of carbonyl (C=O) groups excluding carboxylic acids is 2. The van der Waals surface area contributed by atoms with E-state index in [0.29, 0.717) is 4.91 Å². The highest BCUT2D eigenvalue weighted by Gasteiger charge is 2.35. The van der Waals surface area contributed by atoms with Gasteiger partial charge < -0.3 is 4.90 Å². The van der Waals surface area contributed by atoms with E-state index in [0.717, 1.165) is 39.3 Å². The third-order valence-corrected chi connectivity index (χ3v) is 5.70. The molecule has 0 saturated carbocycles. The molecule has 3 aromatic rings. The van der Waals surface area contributed by atoms with Crippen LogP contribution in [0.3, 0.4) is 0 Å². The van der Waals surface area contributed by atoms with Crippen molar-refractivity contribution in [1.82, 2.24) is 4.90 Å². The summed E-state index contributed by atoms with van der Waals surface area (Å²) in [6.45, 7) is 0.281. The van der Waals surface area contributed by atoms with Crippen molar-refractivity contribution in [2.24, 2.45) is 0 Å². The number of hydrogen-bond donors (Lipinski definition) is 0. The van der Waals surface area contributed by atoms with Gasteiger partial charge in [-0.05, 0) is 51.9 Å². The van der Waals surface area contributed by atoms with Crippen molar-refractivity contribution in [2.75, 3.05) is 19.0 Å². The quantitative estimate of drug-likeness (QED) is 0.580. The molecule has 1 aliphatic rings. The Morgan fingerprint density at radius 2 is 1.64 bits per heavy atom. The smallest absolute Gasteiger partial charge is 0.293 e. The molecule has 0 atom stereocenters. The standard InChI is InChI=1S/C23H20N2O2S/c1-24(2)19-12-10-16(11-13-19)14-21-22(26)25(23(27)28-21)15-18-8-5-7-17-6-3-4-9-20(17)18/h3-14H,15H2,1-2H3/b21-14+. The van der Waals surface area contributed by atoms with Gasteiger partial charge in [0, 0.05) is 19.8 Å². The molecule has 0 bridgehead atoms. The van der Waals surface area contributed by atoms with Crippen molar-refractivity contribution in [2.45, 2.75) is 6.54 Å². The number of imide groups is 1.